The fourth-order valence-electron chi connectivity index (χ4n) is 2.34. The van der Waals surface area contributed by atoms with Crippen LogP contribution >= 0.6 is 0 Å². The number of nitrogens with zero attached hydrogens (tertiary/aromatic N) is 2. The predicted octanol–water partition coefficient (Wildman–Crippen LogP) is 3.66. The third kappa shape index (κ3) is 3.71. The molecule has 6 heteroatoms. The van der Waals surface area contributed by atoms with E-state index in [1.807, 2.05) is 6.07 Å². The molecule has 0 atom stereocenters. The van der Waals surface area contributed by atoms with Crippen LogP contribution < -0.4 is 0 Å². The Kier molecular flexibility index (Phi) is 4.74. The molecule has 0 saturated heterocycles. The molecule has 0 N–H and O–H groups in total. The van der Waals surface area contributed by atoms with Gasteiger partial charge in [0.2, 0.25) is 5.91 Å². The lowest BCUT2D eigenvalue weighted by atomic mass is 10.2. The van der Waals surface area contributed by atoms with Crippen molar-refractivity contribution in [1.82, 2.24) is 9.88 Å². The van der Waals surface area contributed by atoms with Gasteiger partial charge in [0.15, 0.2) is 11.7 Å². The molecule has 0 aliphatic heterocycles. The molecular formula is C18H17FN2O3. The molecule has 0 saturated carbocycles. The lowest BCUT2D eigenvalue weighted by Crippen LogP contribution is -2.26. The van der Waals surface area contributed by atoms with E-state index in [0.29, 0.717) is 30.2 Å². The van der Waals surface area contributed by atoms with E-state index in [9.17, 15) is 9.18 Å². The number of hydrogen-bond acceptors (Lipinski definition) is 4. The van der Waals surface area contributed by atoms with Gasteiger partial charge in [-0.1, -0.05) is 12.1 Å². The first-order valence-corrected chi connectivity index (χ1v) is 7.59. The second kappa shape index (κ2) is 7.12. The number of hydrogen-bond donors (Lipinski definition) is 0. The number of oxazole rings is 1. The van der Waals surface area contributed by atoms with E-state index in [-0.39, 0.29) is 18.1 Å². The molecule has 124 valence electrons. The summed E-state index contributed by atoms with van der Waals surface area (Å²) in [6.45, 7) is 0.415. The van der Waals surface area contributed by atoms with E-state index < -0.39 is 0 Å². The van der Waals surface area contributed by atoms with Crippen LogP contribution in [0.15, 0.2) is 57.7 Å². The van der Waals surface area contributed by atoms with E-state index in [4.69, 9.17) is 8.83 Å². The van der Waals surface area contributed by atoms with Crippen LogP contribution in [0.4, 0.5) is 4.39 Å². The first-order valence-electron chi connectivity index (χ1n) is 7.59. The minimum absolute atomic E-state index is 0.0444. The maximum absolute atomic E-state index is 13.7. The van der Waals surface area contributed by atoms with Crippen molar-refractivity contribution in [1.29, 1.82) is 0 Å². The van der Waals surface area contributed by atoms with Gasteiger partial charge in [0, 0.05) is 19.9 Å². The lowest BCUT2D eigenvalue weighted by Gasteiger charge is -2.14. The highest BCUT2D eigenvalue weighted by molar-refractivity contribution is 5.76. The fourth-order valence-corrected chi connectivity index (χ4v) is 2.34. The van der Waals surface area contributed by atoms with Gasteiger partial charge in [-0.3, -0.25) is 4.79 Å². The Labute approximate surface area is 138 Å². The molecule has 0 spiro atoms. The van der Waals surface area contributed by atoms with E-state index in [1.165, 1.54) is 12.3 Å². The summed E-state index contributed by atoms with van der Waals surface area (Å²) in [4.78, 5) is 17.8. The second-order valence-corrected chi connectivity index (χ2v) is 5.43. The molecule has 2 aromatic heterocycles. The van der Waals surface area contributed by atoms with E-state index in [1.54, 1.807) is 42.5 Å². The Morgan fingerprint density at radius 1 is 1.25 bits per heavy atom. The Hall–Kier alpha value is -2.89. The predicted molar refractivity (Wildman–Crippen MR) is 85.4 cm³/mol. The van der Waals surface area contributed by atoms with Gasteiger partial charge in [-0.2, -0.15) is 0 Å². The molecule has 3 rings (SSSR count). The van der Waals surface area contributed by atoms with Crippen molar-refractivity contribution in [2.75, 3.05) is 7.05 Å². The Bertz CT molecular complexity index is 811. The molecule has 2 heterocycles. The monoisotopic (exact) mass is 328 g/mol. The van der Waals surface area contributed by atoms with Gasteiger partial charge >= 0.3 is 0 Å². The highest BCUT2D eigenvalue weighted by atomic mass is 19.1. The summed E-state index contributed by atoms with van der Waals surface area (Å²) in [6.07, 6.45) is 3.67. The topological polar surface area (TPSA) is 59.5 Å². The first-order chi connectivity index (χ1) is 11.6. The first kappa shape index (κ1) is 16.0. The van der Waals surface area contributed by atoms with Crippen LogP contribution in [0.5, 0.6) is 0 Å². The van der Waals surface area contributed by atoms with E-state index in [2.05, 4.69) is 4.98 Å². The van der Waals surface area contributed by atoms with Crippen molar-refractivity contribution < 1.29 is 18.0 Å². The average Bonchev–Trinajstić information content (AvgIpc) is 3.24. The molecule has 24 heavy (non-hydrogen) atoms. The van der Waals surface area contributed by atoms with Crippen molar-refractivity contribution >= 4 is 5.91 Å². The van der Waals surface area contributed by atoms with Crippen LogP contribution in [0.25, 0.3) is 11.3 Å². The number of aromatic nitrogens is 1. The van der Waals surface area contributed by atoms with Gasteiger partial charge in [-0.05, 0) is 24.3 Å². The van der Waals surface area contributed by atoms with Crippen LogP contribution in [0.2, 0.25) is 0 Å². The van der Waals surface area contributed by atoms with Crippen molar-refractivity contribution in [2.45, 2.75) is 19.4 Å². The molecule has 0 fully saturated rings. The Balaban J connectivity index is 1.57. The number of halogens is 1. The molecule has 3 aromatic rings. The zero-order valence-corrected chi connectivity index (χ0v) is 13.2. The van der Waals surface area contributed by atoms with Crippen LogP contribution in [-0.4, -0.2) is 22.8 Å². The third-order valence-corrected chi connectivity index (χ3v) is 3.64. The summed E-state index contributed by atoms with van der Waals surface area (Å²) >= 11 is 0. The standard InChI is InChI=1S/C18H17FN2O3/c1-21(12-13-5-4-10-23-13)18(22)9-8-17-20-11-16(24-17)14-6-2-3-7-15(14)19/h2-7,10-11H,8-9,12H2,1H3. The number of furan rings is 1. The molecule has 1 aromatic carbocycles. The molecular weight excluding hydrogens is 311 g/mol. The molecule has 1 amide bonds. The van der Waals surface area contributed by atoms with E-state index in [0.717, 1.165) is 5.76 Å². The molecule has 0 radical (unpaired) electrons. The highest BCUT2D eigenvalue weighted by Gasteiger charge is 2.14. The number of benzene rings is 1. The molecule has 0 aliphatic rings. The van der Waals surface area contributed by atoms with Crippen molar-refractivity contribution in [3.63, 3.8) is 0 Å². The van der Waals surface area contributed by atoms with Crippen LogP contribution in [0.3, 0.4) is 0 Å². The smallest absolute Gasteiger partial charge is 0.223 e. The molecule has 0 aliphatic carbocycles. The Morgan fingerprint density at radius 2 is 2.08 bits per heavy atom. The largest absolute Gasteiger partial charge is 0.467 e. The van der Waals surface area contributed by atoms with Gasteiger partial charge in [0.25, 0.3) is 0 Å². The summed E-state index contributed by atoms with van der Waals surface area (Å²) in [5.74, 6) is 1.09. The maximum atomic E-state index is 13.7. The number of carbonyl (C=O) groups is 1. The minimum atomic E-state index is -0.366. The van der Waals surface area contributed by atoms with Gasteiger partial charge in [-0.25, -0.2) is 9.37 Å². The number of carbonyl (C=O) groups excluding carboxylic acids is 1. The zero-order valence-electron chi connectivity index (χ0n) is 13.2. The lowest BCUT2D eigenvalue weighted by molar-refractivity contribution is -0.130. The Morgan fingerprint density at radius 3 is 2.83 bits per heavy atom. The summed E-state index contributed by atoms with van der Waals surface area (Å²) in [5, 5.41) is 0. The van der Waals surface area contributed by atoms with Gasteiger partial charge in [0.05, 0.1) is 24.6 Å². The van der Waals surface area contributed by atoms with Crippen molar-refractivity contribution in [3.05, 3.63) is 66.3 Å². The van der Waals surface area contributed by atoms with Gasteiger partial charge in [-0.15, -0.1) is 0 Å². The second-order valence-electron chi connectivity index (χ2n) is 5.43. The molecule has 0 bridgehead atoms. The summed E-state index contributed by atoms with van der Waals surface area (Å²) in [7, 11) is 1.71. The molecule has 5 nitrogen and oxygen atoms in total. The van der Waals surface area contributed by atoms with Crippen LogP contribution in [0.1, 0.15) is 18.1 Å². The van der Waals surface area contributed by atoms with Crippen molar-refractivity contribution in [3.8, 4) is 11.3 Å². The quantitative estimate of drug-likeness (QED) is 0.693. The highest BCUT2D eigenvalue weighted by Crippen LogP contribution is 2.23. The zero-order chi connectivity index (χ0) is 16.9. The maximum Gasteiger partial charge on any atom is 0.223 e. The summed E-state index contributed by atoms with van der Waals surface area (Å²) in [6, 6.07) is 9.94. The van der Waals surface area contributed by atoms with Gasteiger partial charge in [0.1, 0.15) is 11.6 Å². The SMILES string of the molecule is CN(Cc1ccco1)C(=O)CCc1ncc(-c2ccccc2F)o1. The number of aryl methyl sites for hydroxylation is 1. The number of rotatable bonds is 6. The number of amides is 1. The average molecular weight is 328 g/mol. The van der Waals surface area contributed by atoms with Crippen molar-refractivity contribution in [2.24, 2.45) is 0 Å². The fraction of sp³-hybridized carbons (Fsp3) is 0.222. The molecule has 0 unspecified atom stereocenters. The van der Waals surface area contributed by atoms with Gasteiger partial charge < -0.3 is 13.7 Å². The minimum Gasteiger partial charge on any atom is -0.467 e. The normalized spacial score (nSPS) is 10.8. The van der Waals surface area contributed by atoms with Crippen LogP contribution in [0, 0.1) is 5.82 Å². The van der Waals surface area contributed by atoms with Crippen LogP contribution in [-0.2, 0) is 17.8 Å². The third-order valence-electron chi connectivity index (χ3n) is 3.64. The summed E-state index contributed by atoms with van der Waals surface area (Å²) in [5.41, 5.74) is 0.359. The van der Waals surface area contributed by atoms with E-state index >= 15 is 0 Å². The summed E-state index contributed by atoms with van der Waals surface area (Å²) < 4.78 is 24.5.